The van der Waals surface area contributed by atoms with Crippen LogP contribution in [-0.4, -0.2) is 17.8 Å². The molecule has 1 aromatic carbocycles. The third-order valence-electron chi connectivity index (χ3n) is 5.45. The standard InChI is InChI=1S/C21H31NO2/c1-20(2,3)18-9-11-21(16-22,12-10-18)13-19(23)15-24-14-17-7-5-4-6-8-17/h4-8,18-19,23H,9-15H2,1-3H3. The van der Waals surface area contributed by atoms with E-state index in [1.807, 2.05) is 30.3 Å². The molecule has 1 saturated carbocycles. The molecule has 1 N–H and O–H groups in total. The smallest absolute Gasteiger partial charge is 0.0789 e. The molecule has 1 aliphatic rings. The van der Waals surface area contributed by atoms with Crippen LogP contribution in [-0.2, 0) is 11.3 Å². The number of hydrogen-bond donors (Lipinski definition) is 1. The summed E-state index contributed by atoms with van der Waals surface area (Å²) in [7, 11) is 0. The van der Waals surface area contributed by atoms with Crippen LogP contribution in [0.2, 0.25) is 0 Å². The van der Waals surface area contributed by atoms with Gasteiger partial charge in [0.05, 0.1) is 30.8 Å². The number of rotatable bonds is 6. The van der Waals surface area contributed by atoms with Crippen molar-refractivity contribution in [3.63, 3.8) is 0 Å². The summed E-state index contributed by atoms with van der Waals surface area (Å²) in [6.07, 6.45) is 3.89. The van der Waals surface area contributed by atoms with Crippen LogP contribution in [0.25, 0.3) is 0 Å². The van der Waals surface area contributed by atoms with Gasteiger partial charge in [0.1, 0.15) is 0 Å². The van der Waals surface area contributed by atoms with Crippen molar-refractivity contribution >= 4 is 0 Å². The molecule has 1 fully saturated rings. The molecule has 1 aromatic rings. The molecule has 1 atom stereocenters. The van der Waals surface area contributed by atoms with Gasteiger partial charge < -0.3 is 9.84 Å². The number of nitrogens with zero attached hydrogens (tertiary/aromatic N) is 1. The van der Waals surface area contributed by atoms with Gasteiger partial charge in [-0.3, -0.25) is 0 Å². The van der Waals surface area contributed by atoms with Gasteiger partial charge in [-0.1, -0.05) is 51.1 Å². The van der Waals surface area contributed by atoms with E-state index in [1.165, 1.54) is 0 Å². The Bertz CT molecular complexity index is 533. The van der Waals surface area contributed by atoms with Gasteiger partial charge >= 0.3 is 0 Å². The van der Waals surface area contributed by atoms with Crippen LogP contribution >= 0.6 is 0 Å². The highest BCUT2D eigenvalue weighted by Crippen LogP contribution is 2.47. The Morgan fingerprint density at radius 3 is 2.42 bits per heavy atom. The summed E-state index contributed by atoms with van der Waals surface area (Å²) in [4.78, 5) is 0. The highest BCUT2D eigenvalue weighted by Gasteiger charge is 2.40. The zero-order valence-corrected chi connectivity index (χ0v) is 15.3. The maximum atomic E-state index is 10.3. The first-order valence-electron chi connectivity index (χ1n) is 9.06. The van der Waals surface area contributed by atoms with E-state index in [9.17, 15) is 10.4 Å². The lowest BCUT2D eigenvalue weighted by Gasteiger charge is -2.41. The van der Waals surface area contributed by atoms with Crippen molar-refractivity contribution in [3.8, 4) is 6.07 Å². The highest BCUT2D eigenvalue weighted by atomic mass is 16.5. The second-order valence-electron chi connectivity index (χ2n) is 8.39. The third-order valence-corrected chi connectivity index (χ3v) is 5.45. The molecule has 0 saturated heterocycles. The van der Waals surface area contributed by atoms with E-state index in [1.54, 1.807) is 0 Å². The molecule has 0 bridgehead atoms. The maximum absolute atomic E-state index is 10.3. The van der Waals surface area contributed by atoms with E-state index in [0.29, 0.717) is 31.0 Å². The lowest BCUT2D eigenvalue weighted by molar-refractivity contribution is -0.00194. The predicted molar refractivity (Wildman–Crippen MR) is 96.2 cm³/mol. The Morgan fingerprint density at radius 2 is 1.88 bits per heavy atom. The molecule has 0 radical (unpaired) electrons. The summed E-state index contributed by atoms with van der Waals surface area (Å²) in [6, 6.07) is 12.5. The fraction of sp³-hybridized carbons (Fsp3) is 0.667. The largest absolute Gasteiger partial charge is 0.391 e. The second-order valence-corrected chi connectivity index (χ2v) is 8.39. The Kier molecular flexibility index (Phi) is 6.43. The molecule has 1 aliphatic carbocycles. The minimum atomic E-state index is -0.570. The van der Waals surface area contributed by atoms with Crippen LogP contribution in [0.5, 0.6) is 0 Å². The molecule has 3 nitrogen and oxygen atoms in total. The van der Waals surface area contributed by atoms with Gasteiger partial charge in [0.15, 0.2) is 0 Å². The molecular weight excluding hydrogens is 298 g/mol. The van der Waals surface area contributed by atoms with E-state index in [0.717, 1.165) is 31.2 Å². The summed E-state index contributed by atoms with van der Waals surface area (Å²) in [5.41, 5.74) is 1.03. The zero-order valence-electron chi connectivity index (χ0n) is 15.3. The van der Waals surface area contributed by atoms with Gasteiger partial charge in [-0.2, -0.15) is 5.26 Å². The molecule has 0 amide bonds. The van der Waals surface area contributed by atoms with Crippen LogP contribution in [0, 0.1) is 28.1 Å². The Hall–Kier alpha value is -1.37. The van der Waals surface area contributed by atoms with E-state index >= 15 is 0 Å². The fourth-order valence-corrected chi connectivity index (χ4v) is 3.79. The van der Waals surface area contributed by atoms with Crippen molar-refractivity contribution in [3.05, 3.63) is 35.9 Å². The molecule has 3 heteroatoms. The molecule has 1 unspecified atom stereocenters. The lowest BCUT2D eigenvalue weighted by atomic mass is 9.63. The van der Waals surface area contributed by atoms with E-state index in [4.69, 9.17) is 4.74 Å². The van der Waals surface area contributed by atoms with E-state index in [2.05, 4.69) is 26.8 Å². The van der Waals surface area contributed by atoms with Gasteiger partial charge in [0.25, 0.3) is 0 Å². The van der Waals surface area contributed by atoms with E-state index in [-0.39, 0.29) is 5.41 Å². The number of benzene rings is 1. The molecule has 0 spiro atoms. The average Bonchev–Trinajstić information content (AvgIpc) is 2.55. The topological polar surface area (TPSA) is 53.2 Å². The zero-order chi connectivity index (χ0) is 17.6. The quantitative estimate of drug-likeness (QED) is 0.823. The highest BCUT2D eigenvalue weighted by molar-refractivity contribution is 5.13. The molecule has 24 heavy (non-hydrogen) atoms. The first kappa shape index (κ1) is 19.0. The fourth-order valence-electron chi connectivity index (χ4n) is 3.79. The summed E-state index contributed by atoms with van der Waals surface area (Å²) in [6.45, 7) is 7.64. The van der Waals surface area contributed by atoms with Crippen molar-refractivity contribution in [2.45, 2.75) is 65.6 Å². The molecular formula is C21H31NO2. The third kappa shape index (κ3) is 5.33. The van der Waals surface area contributed by atoms with Gasteiger partial charge in [-0.05, 0) is 49.0 Å². The van der Waals surface area contributed by atoms with Gasteiger partial charge in [0.2, 0.25) is 0 Å². The van der Waals surface area contributed by atoms with E-state index < -0.39 is 6.10 Å². The number of nitriles is 1. The van der Waals surface area contributed by atoms with Gasteiger partial charge in [-0.25, -0.2) is 0 Å². The van der Waals surface area contributed by atoms with Crippen LogP contribution in [0.3, 0.4) is 0 Å². The Labute approximate surface area is 146 Å². The van der Waals surface area contributed by atoms with Crippen LogP contribution in [0.15, 0.2) is 30.3 Å². The Morgan fingerprint density at radius 1 is 1.25 bits per heavy atom. The van der Waals surface area contributed by atoms with Crippen molar-refractivity contribution < 1.29 is 9.84 Å². The molecule has 132 valence electrons. The second kappa shape index (κ2) is 8.14. The van der Waals surface area contributed by atoms with Gasteiger partial charge in [0, 0.05) is 0 Å². The summed E-state index contributed by atoms with van der Waals surface area (Å²) >= 11 is 0. The van der Waals surface area contributed by atoms with Crippen molar-refractivity contribution in [1.29, 1.82) is 5.26 Å². The minimum Gasteiger partial charge on any atom is -0.391 e. The van der Waals surface area contributed by atoms with Crippen LogP contribution in [0.4, 0.5) is 0 Å². The Balaban J connectivity index is 1.79. The molecule has 2 rings (SSSR count). The van der Waals surface area contributed by atoms with Crippen LogP contribution in [0.1, 0.15) is 58.4 Å². The first-order valence-corrected chi connectivity index (χ1v) is 9.06. The van der Waals surface area contributed by atoms with Gasteiger partial charge in [-0.15, -0.1) is 0 Å². The molecule has 0 heterocycles. The first-order chi connectivity index (χ1) is 11.3. The summed E-state index contributed by atoms with van der Waals surface area (Å²) in [5.74, 6) is 0.672. The number of hydrogen-bond acceptors (Lipinski definition) is 3. The number of aliphatic hydroxyl groups excluding tert-OH is 1. The number of aliphatic hydroxyl groups is 1. The summed E-state index contributed by atoms with van der Waals surface area (Å²) in [5, 5.41) is 20.0. The lowest BCUT2D eigenvalue weighted by Crippen LogP contribution is -2.35. The SMILES string of the molecule is CC(C)(C)C1CCC(C#N)(CC(O)COCc2ccccc2)CC1. The molecule has 0 aliphatic heterocycles. The summed E-state index contributed by atoms with van der Waals surface area (Å²) < 4.78 is 5.63. The normalized spacial score (nSPS) is 25.9. The minimum absolute atomic E-state index is 0.293. The number of ether oxygens (including phenoxy) is 1. The average molecular weight is 329 g/mol. The molecule has 0 aromatic heterocycles. The van der Waals surface area contributed by atoms with Crippen LogP contribution < -0.4 is 0 Å². The maximum Gasteiger partial charge on any atom is 0.0789 e. The van der Waals surface area contributed by atoms with Crippen molar-refractivity contribution in [2.24, 2.45) is 16.7 Å². The van der Waals surface area contributed by atoms with Crippen molar-refractivity contribution in [1.82, 2.24) is 0 Å². The van der Waals surface area contributed by atoms with Crippen molar-refractivity contribution in [2.75, 3.05) is 6.61 Å². The predicted octanol–water partition coefficient (Wildman–Crippen LogP) is 4.70. The monoisotopic (exact) mass is 329 g/mol.